The lowest BCUT2D eigenvalue weighted by Crippen LogP contribution is -2.54. The Morgan fingerprint density at radius 1 is 0.974 bits per heavy atom. The number of hydrogen-bond acceptors (Lipinski definition) is 5. The van der Waals surface area contributed by atoms with Gasteiger partial charge in [-0.25, -0.2) is 8.42 Å². The minimum absolute atomic E-state index is 0.0162. The maximum Gasteiger partial charge on any atom is 0.243 e. The Morgan fingerprint density at radius 2 is 1.63 bits per heavy atom. The SMILES string of the molecule is Cc1ccc(O)cc1C1(CCN2CCC(N(C3CC3)S(=O)(=O)c3ccccc3)CC2)CCN(C)[C@H](C)[C@@H]1C. The largest absolute Gasteiger partial charge is 0.508 e. The average Bonchev–Trinajstić information content (AvgIpc) is 3.75. The fourth-order valence-electron chi connectivity index (χ4n) is 7.15. The molecule has 1 N–H and O–H groups in total. The summed E-state index contributed by atoms with van der Waals surface area (Å²) in [7, 11) is -1.25. The molecule has 5 rings (SSSR count). The van der Waals surface area contributed by atoms with Crippen LogP contribution in [-0.2, 0) is 15.4 Å². The molecular weight excluding hydrogens is 494 g/mol. The fraction of sp³-hybridized carbons (Fsp3) is 0.613. The van der Waals surface area contributed by atoms with Gasteiger partial charge >= 0.3 is 0 Å². The molecule has 3 fully saturated rings. The average molecular weight is 540 g/mol. The summed E-state index contributed by atoms with van der Waals surface area (Å²) in [5.41, 5.74) is 2.58. The minimum atomic E-state index is -3.47. The van der Waals surface area contributed by atoms with Crippen LogP contribution in [0.25, 0.3) is 0 Å². The van der Waals surface area contributed by atoms with Gasteiger partial charge in [0.25, 0.3) is 0 Å². The van der Waals surface area contributed by atoms with Crippen LogP contribution in [0.2, 0.25) is 0 Å². The molecule has 3 aliphatic rings. The van der Waals surface area contributed by atoms with Crippen molar-refractivity contribution in [2.75, 3.05) is 33.2 Å². The number of phenols is 1. The van der Waals surface area contributed by atoms with Gasteiger partial charge in [-0.05, 0) is 127 Å². The van der Waals surface area contributed by atoms with Crippen molar-refractivity contribution in [1.82, 2.24) is 14.1 Å². The van der Waals surface area contributed by atoms with E-state index in [-0.39, 0.29) is 17.5 Å². The van der Waals surface area contributed by atoms with Crippen LogP contribution in [0.15, 0.2) is 53.4 Å². The number of likely N-dealkylation sites (tertiary alicyclic amines) is 2. The standard InChI is InChI=1S/C31H45N3O3S/c1-23-10-13-28(35)22-30(23)31(16-20-32(4)25(3)24(31)2)17-21-33-18-14-27(15-19-33)34(26-11-12-26)38(36,37)29-8-6-5-7-9-29/h5-10,13,22,24-27,35H,11-12,14-21H2,1-4H3/t24-,25+,31?/m0/s1. The van der Waals surface area contributed by atoms with Crippen molar-refractivity contribution >= 4 is 10.0 Å². The molecule has 2 heterocycles. The summed E-state index contributed by atoms with van der Waals surface area (Å²) >= 11 is 0. The van der Waals surface area contributed by atoms with Crippen LogP contribution < -0.4 is 0 Å². The van der Waals surface area contributed by atoms with Crippen LogP contribution in [0.3, 0.4) is 0 Å². The smallest absolute Gasteiger partial charge is 0.243 e. The first-order valence-electron chi connectivity index (χ1n) is 14.4. The van der Waals surface area contributed by atoms with Crippen LogP contribution in [-0.4, -0.2) is 79.0 Å². The third-order valence-corrected chi connectivity index (χ3v) is 12.0. The molecule has 0 bridgehead atoms. The summed E-state index contributed by atoms with van der Waals surface area (Å²) < 4.78 is 29.0. The van der Waals surface area contributed by atoms with Crippen molar-refractivity contribution in [3.63, 3.8) is 0 Å². The first-order valence-corrected chi connectivity index (χ1v) is 15.9. The molecule has 1 aliphatic carbocycles. The van der Waals surface area contributed by atoms with E-state index in [9.17, 15) is 13.5 Å². The Kier molecular flexibility index (Phi) is 7.94. The van der Waals surface area contributed by atoms with Crippen molar-refractivity contribution < 1.29 is 13.5 Å². The molecule has 0 aromatic heterocycles. The van der Waals surface area contributed by atoms with E-state index in [2.05, 4.69) is 43.7 Å². The van der Waals surface area contributed by atoms with Crippen molar-refractivity contribution in [2.24, 2.45) is 5.92 Å². The minimum Gasteiger partial charge on any atom is -0.508 e. The Balaban J connectivity index is 1.30. The molecule has 208 valence electrons. The highest BCUT2D eigenvalue weighted by atomic mass is 32.2. The van der Waals surface area contributed by atoms with Gasteiger partial charge in [-0.1, -0.05) is 31.2 Å². The first-order chi connectivity index (χ1) is 18.1. The zero-order valence-electron chi connectivity index (χ0n) is 23.5. The van der Waals surface area contributed by atoms with E-state index >= 15 is 0 Å². The first kappa shape index (κ1) is 27.6. The molecule has 7 heteroatoms. The van der Waals surface area contributed by atoms with Crippen molar-refractivity contribution in [2.45, 2.75) is 87.7 Å². The van der Waals surface area contributed by atoms with Crippen molar-refractivity contribution in [1.29, 1.82) is 0 Å². The van der Waals surface area contributed by atoms with Crippen LogP contribution in [0, 0.1) is 12.8 Å². The third kappa shape index (κ3) is 5.27. The lowest BCUT2D eigenvalue weighted by atomic mass is 9.61. The van der Waals surface area contributed by atoms with Gasteiger partial charge in [0, 0.05) is 23.5 Å². The molecule has 3 atom stereocenters. The Morgan fingerprint density at radius 3 is 2.29 bits per heavy atom. The number of piperidine rings is 2. The van der Waals surface area contributed by atoms with Gasteiger partial charge in [0.1, 0.15) is 5.75 Å². The molecular formula is C31H45N3O3S. The van der Waals surface area contributed by atoms with E-state index in [1.54, 1.807) is 18.2 Å². The topological polar surface area (TPSA) is 64.1 Å². The van der Waals surface area contributed by atoms with Gasteiger partial charge in [0.15, 0.2) is 0 Å². The lowest BCUT2D eigenvalue weighted by Gasteiger charge is -2.51. The summed E-state index contributed by atoms with van der Waals surface area (Å²) in [5, 5.41) is 10.4. The molecule has 0 radical (unpaired) electrons. The highest BCUT2D eigenvalue weighted by Crippen LogP contribution is 2.47. The highest BCUT2D eigenvalue weighted by molar-refractivity contribution is 7.89. The number of aryl methyl sites for hydroxylation is 1. The lowest BCUT2D eigenvalue weighted by molar-refractivity contribution is 0.0468. The number of aromatic hydroxyl groups is 1. The molecule has 0 amide bonds. The van der Waals surface area contributed by atoms with Crippen LogP contribution in [0.5, 0.6) is 5.75 Å². The maximum atomic E-state index is 13.6. The maximum absolute atomic E-state index is 13.6. The summed E-state index contributed by atoms with van der Waals surface area (Å²) in [4.78, 5) is 5.43. The van der Waals surface area contributed by atoms with E-state index < -0.39 is 10.0 Å². The number of sulfonamides is 1. The Hall–Kier alpha value is -1.93. The Bertz CT molecular complexity index is 1210. The normalized spacial score (nSPS) is 28.1. The molecule has 2 aromatic carbocycles. The molecule has 6 nitrogen and oxygen atoms in total. The molecule has 1 saturated carbocycles. The fourth-order valence-corrected chi connectivity index (χ4v) is 9.10. The quantitative estimate of drug-likeness (QED) is 0.511. The highest BCUT2D eigenvalue weighted by Gasteiger charge is 2.46. The number of rotatable bonds is 8. The molecule has 2 aliphatic heterocycles. The van der Waals surface area contributed by atoms with Crippen LogP contribution in [0.4, 0.5) is 0 Å². The summed E-state index contributed by atoms with van der Waals surface area (Å²) in [5.74, 6) is 0.810. The number of hydrogen-bond donors (Lipinski definition) is 1. The molecule has 2 aromatic rings. The summed E-state index contributed by atoms with van der Waals surface area (Å²) in [6.07, 6.45) is 5.85. The van der Waals surface area contributed by atoms with Crippen molar-refractivity contribution in [3.05, 3.63) is 59.7 Å². The van der Waals surface area contributed by atoms with Gasteiger partial charge in [-0.3, -0.25) is 0 Å². The van der Waals surface area contributed by atoms with Gasteiger partial charge in [-0.2, -0.15) is 4.31 Å². The zero-order chi connectivity index (χ0) is 27.1. The van der Waals surface area contributed by atoms with E-state index in [1.165, 1.54) is 11.1 Å². The van der Waals surface area contributed by atoms with Gasteiger partial charge < -0.3 is 14.9 Å². The summed E-state index contributed by atoms with van der Waals surface area (Å²) in [6.45, 7) is 10.8. The van der Waals surface area contributed by atoms with E-state index in [4.69, 9.17) is 0 Å². The van der Waals surface area contributed by atoms with Crippen LogP contribution >= 0.6 is 0 Å². The monoisotopic (exact) mass is 539 g/mol. The third-order valence-electron chi connectivity index (χ3n) is 9.98. The van der Waals surface area contributed by atoms with E-state index in [0.29, 0.717) is 22.6 Å². The summed E-state index contributed by atoms with van der Waals surface area (Å²) in [6, 6.07) is 15.5. The predicted molar refractivity (Wildman–Crippen MR) is 153 cm³/mol. The Labute approximate surface area is 229 Å². The molecule has 38 heavy (non-hydrogen) atoms. The second-order valence-corrected chi connectivity index (χ2v) is 14.0. The van der Waals surface area contributed by atoms with E-state index in [0.717, 1.165) is 64.7 Å². The van der Waals surface area contributed by atoms with E-state index in [1.807, 2.05) is 28.6 Å². The van der Waals surface area contributed by atoms with Gasteiger partial charge in [0.05, 0.1) is 4.90 Å². The molecule has 1 unspecified atom stereocenters. The van der Waals surface area contributed by atoms with Crippen LogP contribution in [0.1, 0.15) is 63.5 Å². The number of nitrogens with zero attached hydrogens (tertiary/aromatic N) is 3. The second-order valence-electron chi connectivity index (χ2n) is 12.1. The number of benzene rings is 2. The van der Waals surface area contributed by atoms with Crippen molar-refractivity contribution in [3.8, 4) is 5.75 Å². The molecule has 0 spiro atoms. The number of phenolic OH excluding ortho intramolecular Hbond substituents is 1. The zero-order valence-corrected chi connectivity index (χ0v) is 24.3. The van der Waals surface area contributed by atoms with Gasteiger partial charge in [-0.15, -0.1) is 0 Å². The second kappa shape index (κ2) is 10.9. The predicted octanol–water partition coefficient (Wildman–Crippen LogP) is 5.01. The molecule has 2 saturated heterocycles. The van der Waals surface area contributed by atoms with Gasteiger partial charge in [0.2, 0.25) is 10.0 Å².